The van der Waals surface area contributed by atoms with Crippen LogP contribution in [0.5, 0.6) is 0 Å². The Balaban J connectivity index is 1.55. The van der Waals surface area contributed by atoms with Crippen LogP contribution < -0.4 is 5.32 Å². The fourth-order valence-electron chi connectivity index (χ4n) is 3.53. The van der Waals surface area contributed by atoms with Crippen molar-refractivity contribution < 1.29 is 9.21 Å². The molecule has 1 aliphatic rings. The zero-order valence-corrected chi connectivity index (χ0v) is 17.3. The third-order valence-electron chi connectivity index (χ3n) is 5.09. The second-order valence-corrected chi connectivity index (χ2v) is 8.15. The van der Waals surface area contributed by atoms with Crippen LogP contribution in [-0.4, -0.2) is 5.91 Å². The molecule has 0 spiro atoms. The first-order chi connectivity index (χ1) is 15.1. The van der Waals surface area contributed by atoms with Crippen molar-refractivity contribution >= 4 is 28.3 Å². The molecule has 0 fully saturated rings. The van der Waals surface area contributed by atoms with E-state index in [1.54, 1.807) is 36.4 Å². The molecule has 6 nitrogen and oxygen atoms in total. The van der Waals surface area contributed by atoms with Gasteiger partial charge in [0.2, 0.25) is 0 Å². The first kappa shape index (κ1) is 20.2. The number of carbonyl (C=O) groups excluding carboxylic acids is 1. The van der Waals surface area contributed by atoms with Crippen molar-refractivity contribution in [1.82, 2.24) is 0 Å². The molecule has 1 N–H and O–H groups in total. The van der Waals surface area contributed by atoms with Crippen LogP contribution in [-0.2, 0) is 17.6 Å². The summed E-state index contributed by atoms with van der Waals surface area (Å²) in [4.78, 5) is 13.8. The summed E-state index contributed by atoms with van der Waals surface area (Å²) in [5.74, 6) is 0.345. The van der Waals surface area contributed by atoms with Crippen LogP contribution in [0.1, 0.15) is 40.2 Å². The number of hydrogen-bond acceptors (Lipinski definition) is 6. The molecular formula is C24H16N4O2S. The maximum Gasteiger partial charge on any atom is 0.267 e. The van der Waals surface area contributed by atoms with Crippen LogP contribution in [0, 0.1) is 34.0 Å². The zero-order chi connectivity index (χ0) is 21.8. The average Bonchev–Trinajstić information content (AvgIpc) is 3.41. The molecule has 0 bridgehead atoms. The number of nitriles is 3. The first-order valence-electron chi connectivity index (χ1n) is 9.71. The maximum atomic E-state index is 12.7. The lowest BCUT2D eigenvalue weighted by molar-refractivity contribution is -0.112. The number of anilines is 1. The highest BCUT2D eigenvalue weighted by atomic mass is 32.1. The lowest BCUT2D eigenvalue weighted by Gasteiger charge is -2.09. The highest BCUT2D eigenvalue weighted by molar-refractivity contribution is 7.16. The predicted octanol–water partition coefficient (Wildman–Crippen LogP) is 5.18. The van der Waals surface area contributed by atoms with Crippen LogP contribution in [0.15, 0.2) is 46.4 Å². The number of fused-ring (bicyclic) bond motifs is 1. The standard InChI is InChI=1S/C24H16N4O2S/c25-12-15-5-7-16(8-6-15)21-10-9-18(30-21)11-17(13-26)23(29)28-24-20(14-27)19-3-1-2-4-22(19)31-24/h5-11H,1-4H2,(H,28,29)/b17-11+. The molecule has 2 heterocycles. The molecule has 0 unspecified atom stereocenters. The van der Waals surface area contributed by atoms with E-state index in [0.29, 0.717) is 27.6 Å². The summed E-state index contributed by atoms with van der Waals surface area (Å²) in [6.07, 6.45) is 5.25. The molecule has 1 aliphatic carbocycles. The Kier molecular flexibility index (Phi) is 5.67. The first-order valence-corrected chi connectivity index (χ1v) is 10.5. The number of amides is 1. The van der Waals surface area contributed by atoms with Gasteiger partial charge in [-0.05, 0) is 67.6 Å². The SMILES string of the molecule is N#C/C(=C\c1ccc(-c2ccc(C#N)cc2)o1)C(=O)Nc1sc2c(c1C#N)CCCC2. The quantitative estimate of drug-likeness (QED) is 0.458. The summed E-state index contributed by atoms with van der Waals surface area (Å²) in [5.41, 5.74) is 2.74. The molecule has 0 radical (unpaired) electrons. The van der Waals surface area contributed by atoms with Crippen LogP contribution in [0.25, 0.3) is 17.4 Å². The Morgan fingerprint density at radius 2 is 1.81 bits per heavy atom. The minimum absolute atomic E-state index is 0.115. The predicted molar refractivity (Wildman–Crippen MR) is 117 cm³/mol. The molecule has 0 saturated heterocycles. The third-order valence-corrected chi connectivity index (χ3v) is 6.29. The van der Waals surface area contributed by atoms with Gasteiger partial charge in [0.1, 0.15) is 34.2 Å². The highest BCUT2D eigenvalue weighted by Crippen LogP contribution is 2.37. The molecule has 150 valence electrons. The van der Waals surface area contributed by atoms with Gasteiger partial charge in [0.25, 0.3) is 5.91 Å². The van der Waals surface area contributed by atoms with E-state index >= 15 is 0 Å². The van der Waals surface area contributed by atoms with E-state index < -0.39 is 5.91 Å². The van der Waals surface area contributed by atoms with Crippen LogP contribution in [0.4, 0.5) is 5.00 Å². The van der Waals surface area contributed by atoms with E-state index in [1.807, 2.05) is 6.07 Å². The van der Waals surface area contributed by atoms with Crippen LogP contribution >= 0.6 is 11.3 Å². The number of aryl methyl sites for hydroxylation is 1. The van der Waals surface area contributed by atoms with Crippen molar-refractivity contribution in [3.8, 4) is 29.5 Å². The van der Waals surface area contributed by atoms with Gasteiger partial charge in [-0.3, -0.25) is 4.79 Å². The summed E-state index contributed by atoms with van der Waals surface area (Å²) in [5, 5.41) is 31.2. The van der Waals surface area contributed by atoms with Crippen molar-refractivity contribution in [2.24, 2.45) is 0 Å². The Morgan fingerprint density at radius 3 is 2.52 bits per heavy atom. The van der Waals surface area contributed by atoms with Crippen molar-refractivity contribution in [1.29, 1.82) is 15.8 Å². The fraction of sp³-hybridized carbons (Fsp3) is 0.167. The summed E-state index contributed by atoms with van der Waals surface area (Å²) in [7, 11) is 0. The molecule has 0 saturated carbocycles. The maximum absolute atomic E-state index is 12.7. The second-order valence-electron chi connectivity index (χ2n) is 7.04. The summed E-state index contributed by atoms with van der Waals surface area (Å²) in [6, 6.07) is 16.5. The molecule has 4 rings (SSSR count). The fourth-order valence-corrected chi connectivity index (χ4v) is 4.76. The van der Waals surface area contributed by atoms with E-state index in [9.17, 15) is 15.3 Å². The van der Waals surface area contributed by atoms with Gasteiger partial charge in [-0.2, -0.15) is 15.8 Å². The van der Waals surface area contributed by atoms with Crippen molar-refractivity contribution in [2.75, 3.05) is 5.32 Å². The smallest absolute Gasteiger partial charge is 0.267 e. The monoisotopic (exact) mass is 424 g/mol. The molecule has 7 heteroatoms. The summed E-state index contributed by atoms with van der Waals surface area (Å²) >= 11 is 1.42. The molecule has 31 heavy (non-hydrogen) atoms. The van der Waals surface area contributed by atoms with Gasteiger partial charge in [-0.1, -0.05) is 0 Å². The van der Waals surface area contributed by atoms with Crippen molar-refractivity contribution in [2.45, 2.75) is 25.7 Å². The molecule has 2 aromatic heterocycles. The van der Waals surface area contributed by atoms with E-state index in [-0.39, 0.29) is 5.57 Å². The molecular weight excluding hydrogens is 408 g/mol. The number of nitrogens with one attached hydrogen (secondary N) is 1. The van der Waals surface area contributed by atoms with Gasteiger partial charge in [0.05, 0.1) is 17.2 Å². The van der Waals surface area contributed by atoms with Crippen molar-refractivity contribution in [3.05, 3.63) is 69.3 Å². The topological polar surface area (TPSA) is 114 Å². The number of nitrogens with zero attached hydrogens (tertiary/aromatic N) is 3. The number of rotatable bonds is 4. The number of hydrogen-bond donors (Lipinski definition) is 1. The van der Waals surface area contributed by atoms with E-state index in [2.05, 4.69) is 17.5 Å². The Labute approximate surface area is 183 Å². The minimum atomic E-state index is -0.575. The van der Waals surface area contributed by atoms with Crippen LogP contribution in [0.3, 0.4) is 0 Å². The van der Waals surface area contributed by atoms with E-state index in [4.69, 9.17) is 9.68 Å². The van der Waals surface area contributed by atoms with Gasteiger partial charge in [0, 0.05) is 16.5 Å². The highest BCUT2D eigenvalue weighted by Gasteiger charge is 2.22. The lowest BCUT2D eigenvalue weighted by atomic mass is 9.96. The largest absolute Gasteiger partial charge is 0.457 e. The third kappa shape index (κ3) is 4.12. The molecule has 3 aromatic rings. The van der Waals surface area contributed by atoms with Gasteiger partial charge in [-0.25, -0.2) is 0 Å². The minimum Gasteiger partial charge on any atom is -0.457 e. The molecule has 1 amide bonds. The second kappa shape index (κ2) is 8.71. The number of furan rings is 1. The number of carbonyl (C=O) groups is 1. The van der Waals surface area contributed by atoms with Crippen LogP contribution in [0.2, 0.25) is 0 Å². The lowest BCUT2D eigenvalue weighted by Crippen LogP contribution is -2.13. The van der Waals surface area contributed by atoms with Gasteiger partial charge in [-0.15, -0.1) is 11.3 Å². The molecule has 1 aromatic carbocycles. The summed E-state index contributed by atoms with van der Waals surface area (Å²) < 4.78 is 5.75. The van der Waals surface area contributed by atoms with Gasteiger partial charge in [0.15, 0.2) is 0 Å². The summed E-state index contributed by atoms with van der Waals surface area (Å²) in [6.45, 7) is 0. The van der Waals surface area contributed by atoms with Crippen molar-refractivity contribution in [3.63, 3.8) is 0 Å². The molecule has 0 aliphatic heterocycles. The van der Waals surface area contributed by atoms with Gasteiger partial charge >= 0.3 is 0 Å². The Morgan fingerprint density at radius 1 is 1.03 bits per heavy atom. The number of benzene rings is 1. The number of thiophene rings is 1. The Hall–Kier alpha value is -4.12. The zero-order valence-electron chi connectivity index (χ0n) is 16.4. The van der Waals surface area contributed by atoms with E-state index in [0.717, 1.165) is 41.7 Å². The van der Waals surface area contributed by atoms with E-state index in [1.165, 1.54) is 17.4 Å². The van der Waals surface area contributed by atoms with Gasteiger partial charge < -0.3 is 9.73 Å². The normalized spacial score (nSPS) is 12.9. The average molecular weight is 424 g/mol. The molecule has 0 atom stereocenters. The Bertz CT molecular complexity index is 1310.